The lowest BCUT2D eigenvalue weighted by Crippen LogP contribution is -2.55. The summed E-state index contributed by atoms with van der Waals surface area (Å²) in [6.07, 6.45) is -4.21. The molecule has 1 atom stereocenters. The quantitative estimate of drug-likeness (QED) is 0.193. The Kier molecular flexibility index (Phi) is 9.89. The standard InChI is InChI=1S/C15H33F3O5Si4/c1-10-13(19)20-14(21-27(8,9)12-11-15(16,17)18)24(22-25(2,3)4)23-26(5,6)7/h10,14,24H,1,11-12H2,2-9H3. The van der Waals surface area contributed by atoms with E-state index in [1.807, 2.05) is 39.3 Å². The molecule has 0 N–H and O–H groups in total. The van der Waals surface area contributed by atoms with Gasteiger partial charge in [-0.05, 0) is 58.4 Å². The fraction of sp³-hybridized carbons (Fsp3) is 0.800. The van der Waals surface area contributed by atoms with Gasteiger partial charge in [-0.1, -0.05) is 6.58 Å². The molecule has 0 rings (SSSR count). The Morgan fingerprint density at radius 1 is 1.04 bits per heavy atom. The van der Waals surface area contributed by atoms with Crippen LogP contribution >= 0.6 is 0 Å². The number of ether oxygens (including phenoxy) is 1. The molecule has 5 nitrogen and oxygen atoms in total. The maximum Gasteiger partial charge on any atom is 0.388 e. The van der Waals surface area contributed by atoms with Crippen molar-refractivity contribution in [2.24, 2.45) is 0 Å². The smallest absolute Gasteiger partial charge is 0.388 e. The summed E-state index contributed by atoms with van der Waals surface area (Å²) in [5, 5.41) is 0. The predicted octanol–water partition coefficient (Wildman–Crippen LogP) is 4.68. The van der Waals surface area contributed by atoms with Gasteiger partial charge in [-0.2, -0.15) is 13.2 Å². The molecule has 160 valence electrons. The summed E-state index contributed by atoms with van der Waals surface area (Å²) in [5.41, 5.74) is 0. The molecule has 0 bridgehead atoms. The van der Waals surface area contributed by atoms with Gasteiger partial charge in [0.2, 0.25) is 5.91 Å². The average Bonchev–Trinajstić information content (AvgIpc) is 2.39. The van der Waals surface area contributed by atoms with Crippen molar-refractivity contribution in [3.63, 3.8) is 0 Å². The second-order valence-electron chi connectivity index (χ2n) is 8.83. The second-order valence-corrected chi connectivity index (χ2v) is 24.7. The Morgan fingerprint density at radius 3 is 1.81 bits per heavy atom. The van der Waals surface area contributed by atoms with Crippen LogP contribution in [0.3, 0.4) is 0 Å². The Labute approximate surface area is 165 Å². The van der Waals surface area contributed by atoms with Gasteiger partial charge in [-0.3, -0.25) is 0 Å². The molecule has 0 heterocycles. The van der Waals surface area contributed by atoms with Crippen LogP contribution in [0.4, 0.5) is 13.2 Å². The molecule has 0 aliphatic rings. The Morgan fingerprint density at radius 2 is 1.48 bits per heavy atom. The van der Waals surface area contributed by atoms with E-state index in [0.717, 1.165) is 6.08 Å². The average molecular weight is 463 g/mol. The number of hydrogen-bond acceptors (Lipinski definition) is 5. The van der Waals surface area contributed by atoms with Gasteiger partial charge in [0.25, 0.3) is 0 Å². The van der Waals surface area contributed by atoms with Crippen LogP contribution in [0.1, 0.15) is 6.42 Å². The van der Waals surface area contributed by atoms with Gasteiger partial charge in [0.15, 0.2) is 25.0 Å². The van der Waals surface area contributed by atoms with Crippen LogP contribution in [0, 0.1) is 0 Å². The number of hydrogen-bond donors (Lipinski definition) is 0. The van der Waals surface area contributed by atoms with Crippen molar-refractivity contribution in [2.45, 2.75) is 76.9 Å². The first kappa shape index (κ1) is 26.7. The van der Waals surface area contributed by atoms with Crippen molar-refractivity contribution in [1.29, 1.82) is 0 Å². The van der Waals surface area contributed by atoms with Gasteiger partial charge in [-0.15, -0.1) is 0 Å². The molecule has 0 aliphatic heterocycles. The van der Waals surface area contributed by atoms with E-state index in [9.17, 15) is 18.0 Å². The second kappa shape index (κ2) is 9.98. The maximum atomic E-state index is 12.6. The first-order valence-electron chi connectivity index (χ1n) is 8.77. The zero-order valence-corrected chi connectivity index (χ0v) is 21.7. The monoisotopic (exact) mass is 462 g/mol. The summed E-state index contributed by atoms with van der Waals surface area (Å²) in [6, 6.07) is -0.139. The highest BCUT2D eigenvalue weighted by molar-refractivity contribution is 6.81. The van der Waals surface area contributed by atoms with Gasteiger partial charge in [0, 0.05) is 12.5 Å². The van der Waals surface area contributed by atoms with E-state index >= 15 is 0 Å². The highest BCUT2D eigenvalue weighted by atomic mass is 28.4. The molecule has 0 aliphatic carbocycles. The lowest BCUT2D eigenvalue weighted by Gasteiger charge is -2.37. The highest BCUT2D eigenvalue weighted by Gasteiger charge is 2.42. The fourth-order valence-electron chi connectivity index (χ4n) is 1.95. The molecule has 1 unspecified atom stereocenters. The molecule has 0 saturated heterocycles. The Balaban J connectivity index is 5.58. The molecule has 0 spiro atoms. The van der Waals surface area contributed by atoms with Gasteiger partial charge in [0.05, 0.1) is 0 Å². The zero-order valence-electron chi connectivity index (χ0n) is 17.5. The van der Waals surface area contributed by atoms with Crippen molar-refractivity contribution in [3.05, 3.63) is 12.7 Å². The molecule has 0 radical (unpaired) electrons. The van der Waals surface area contributed by atoms with Gasteiger partial charge in [0.1, 0.15) is 0 Å². The third-order valence-corrected chi connectivity index (χ3v) is 13.8. The maximum absolute atomic E-state index is 12.6. The van der Waals surface area contributed by atoms with Crippen molar-refractivity contribution >= 4 is 40.2 Å². The first-order valence-corrected chi connectivity index (χ1v) is 20.3. The molecule has 0 aromatic rings. The largest absolute Gasteiger partial charge is 0.435 e. The van der Waals surface area contributed by atoms with Crippen molar-refractivity contribution in [2.75, 3.05) is 0 Å². The van der Waals surface area contributed by atoms with E-state index in [-0.39, 0.29) is 6.04 Å². The summed E-state index contributed by atoms with van der Waals surface area (Å²) >= 11 is 0. The van der Waals surface area contributed by atoms with E-state index in [1.54, 1.807) is 13.1 Å². The van der Waals surface area contributed by atoms with Crippen LogP contribution in [-0.4, -0.2) is 52.3 Å². The molecule has 12 heteroatoms. The SMILES string of the molecule is C=CC(=O)OC(O[Si](C)(C)CCC(F)(F)F)[SiH](O[Si](C)(C)C)O[Si](C)(C)C. The summed E-state index contributed by atoms with van der Waals surface area (Å²) in [4.78, 5) is 11.8. The van der Waals surface area contributed by atoms with Crippen LogP contribution in [0.5, 0.6) is 0 Å². The molecule has 27 heavy (non-hydrogen) atoms. The lowest BCUT2D eigenvalue weighted by atomic mass is 10.5. The van der Waals surface area contributed by atoms with E-state index in [1.165, 1.54) is 0 Å². The summed E-state index contributed by atoms with van der Waals surface area (Å²) < 4.78 is 61.5. The zero-order chi connectivity index (χ0) is 21.7. The van der Waals surface area contributed by atoms with Crippen molar-refractivity contribution < 1.29 is 35.4 Å². The number of esters is 1. The van der Waals surface area contributed by atoms with E-state index in [2.05, 4.69) is 6.58 Å². The summed E-state index contributed by atoms with van der Waals surface area (Å²) in [5.74, 6) is -1.82. The molecule has 0 aromatic carbocycles. The number of alkyl halides is 3. The minimum atomic E-state index is -4.26. The van der Waals surface area contributed by atoms with Crippen LogP contribution < -0.4 is 0 Å². The number of rotatable bonds is 11. The van der Waals surface area contributed by atoms with E-state index < -0.39 is 58.7 Å². The fourth-order valence-corrected chi connectivity index (χ4v) is 12.5. The molecular formula is C15H33F3O5Si4. The number of carbonyl (C=O) groups excluding carboxylic acids is 1. The topological polar surface area (TPSA) is 54.0 Å². The van der Waals surface area contributed by atoms with Crippen molar-refractivity contribution in [1.82, 2.24) is 0 Å². The summed E-state index contributed by atoms with van der Waals surface area (Å²) in [7, 11) is -9.61. The summed E-state index contributed by atoms with van der Waals surface area (Å²) in [6.45, 7) is 18.5. The van der Waals surface area contributed by atoms with Gasteiger partial charge < -0.3 is 17.4 Å². The Bertz CT molecular complexity index is 485. The highest BCUT2D eigenvalue weighted by Crippen LogP contribution is 2.28. The molecule has 0 amide bonds. The third kappa shape index (κ3) is 14.4. The minimum Gasteiger partial charge on any atom is -0.435 e. The Hall–Kier alpha value is -0.252. The van der Waals surface area contributed by atoms with Crippen molar-refractivity contribution in [3.8, 4) is 0 Å². The third-order valence-electron chi connectivity index (χ3n) is 3.01. The molecule has 0 saturated carbocycles. The number of halogens is 3. The first-order chi connectivity index (χ1) is 11.8. The van der Waals surface area contributed by atoms with E-state index in [4.69, 9.17) is 17.4 Å². The normalized spacial score (nSPS) is 15.0. The molecular weight excluding hydrogens is 429 g/mol. The predicted molar refractivity (Wildman–Crippen MR) is 110 cm³/mol. The van der Waals surface area contributed by atoms with Gasteiger partial charge >= 0.3 is 21.4 Å². The van der Waals surface area contributed by atoms with Crippen LogP contribution in [0.25, 0.3) is 0 Å². The van der Waals surface area contributed by atoms with Crippen LogP contribution in [-0.2, 0) is 22.2 Å². The lowest BCUT2D eigenvalue weighted by molar-refractivity contribution is -0.152. The molecule has 0 fully saturated rings. The van der Waals surface area contributed by atoms with Crippen LogP contribution in [0.15, 0.2) is 12.7 Å². The molecule has 0 aromatic heterocycles. The van der Waals surface area contributed by atoms with E-state index in [0.29, 0.717) is 0 Å². The minimum absolute atomic E-state index is 0.139. The van der Waals surface area contributed by atoms with Crippen LogP contribution in [0.2, 0.25) is 58.4 Å². The van der Waals surface area contributed by atoms with Gasteiger partial charge in [-0.25, -0.2) is 4.79 Å². The number of carbonyl (C=O) groups is 1.